The van der Waals surface area contributed by atoms with E-state index in [1.807, 2.05) is 0 Å². The Morgan fingerprint density at radius 3 is 1.27 bits per heavy atom. The third-order valence-electron chi connectivity index (χ3n) is 0. The Labute approximate surface area is 104 Å². The number of hydrogen-bond acceptors (Lipinski definition) is 4. The van der Waals surface area contributed by atoms with E-state index < -0.39 is 12.9 Å². The molecular formula is H8KN2O7P. The van der Waals surface area contributed by atoms with E-state index in [2.05, 4.69) is 0 Å². The summed E-state index contributed by atoms with van der Waals surface area (Å²) >= 11 is 0. The second-order valence-corrected chi connectivity index (χ2v) is 1.78. The first-order chi connectivity index (χ1) is 3.73. The van der Waals surface area contributed by atoms with E-state index in [1.165, 1.54) is 0 Å². The van der Waals surface area contributed by atoms with E-state index in [1.54, 1.807) is 0 Å². The zero-order valence-electron chi connectivity index (χ0n) is 4.62. The molecule has 0 aliphatic carbocycles. The van der Waals surface area contributed by atoms with Crippen molar-refractivity contribution in [2.75, 3.05) is 0 Å². The Morgan fingerprint density at radius 1 is 1.27 bits per heavy atom. The third kappa shape index (κ3) is 1050. The van der Waals surface area contributed by atoms with Gasteiger partial charge in [-0.2, -0.15) is 0 Å². The Hall–Kier alpha value is 0.906. The predicted molar refractivity (Wildman–Crippen MR) is 35.2 cm³/mol. The molecule has 0 saturated heterocycles. The van der Waals surface area contributed by atoms with Crippen LogP contribution in [0.4, 0.5) is 0 Å². The molecule has 66 valence electrons. The molecule has 9 nitrogen and oxygen atoms in total. The van der Waals surface area contributed by atoms with Crippen molar-refractivity contribution >= 4 is 59.2 Å². The van der Waals surface area contributed by atoms with Gasteiger partial charge in [-0.15, -0.1) is 10.1 Å². The molecule has 0 fully saturated rings. The van der Waals surface area contributed by atoms with E-state index in [0.29, 0.717) is 0 Å². The fourth-order valence-electron chi connectivity index (χ4n) is 0. The van der Waals surface area contributed by atoms with Crippen LogP contribution < -0.4 is 6.15 Å². The van der Waals surface area contributed by atoms with Crippen LogP contribution in [-0.4, -0.2) is 76.4 Å². The van der Waals surface area contributed by atoms with Crippen molar-refractivity contribution < 1.29 is 29.5 Å². The van der Waals surface area contributed by atoms with Gasteiger partial charge in [0.1, 0.15) is 0 Å². The zero-order chi connectivity index (χ0) is 8.08. The molecule has 0 rings (SSSR count). The Kier molecular flexibility index (Phi) is 22.5. The van der Waals surface area contributed by atoms with Crippen LogP contribution in [0.2, 0.25) is 0 Å². The number of nitrogens with zero attached hydrogens (tertiary/aromatic N) is 1. The first-order valence-electron chi connectivity index (χ1n) is 1.35. The molecule has 0 aromatic heterocycles. The second kappa shape index (κ2) is 10.9. The standard InChI is InChI=1S/K.HNO3.H3N.H3O4P.H/c;2-1(3)4;;1-5(2,3)4;/h;(H,2,3,4);1H3;(H3,1,2,3,4);. The van der Waals surface area contributed by atoms with E-state index in [0.717, 1.165) is 0 Å². The summed E-state index contributed by atoms with van der Waals surface area (Å²) in [5.74, 6) is 0. The van der Waals surface area contributed by atoms with Gasteiger partial charge in [0, 0.05) is 0 Å². The van der Waals surface area contributed by atoms with Crippen LogP contribution in [-0.2, 0) is 4.57 Å². The molecule has 0 aromatic rings. The van der Waals surface area contributed by atoms with Crippen LogP contribution in [0.3, 0.4) is 0 Å². The first kappa shape index (κ1) is 22.7. The van der Waals surface area contributed by atoms with Gasteiger partial charge in [0.05, 0.1) is 0 Å². The van der Waals surface area contributed by atoms with Crippen LogP contribution in [0.15, 0.2) is 0 Å². The van der Waals surface area contributed by atoms with Crippen molar-refractivity contribution in [3.05, 3.63) is 10.1 Å². The van der Waals surface area contributed by atoms with Gasteiger partial charge in [0.2, 0.25) is 0 Å². The number of phosphoric acid groups is 1. The molecule has 0 aliphatic rings. The van der Waals surface area contributed by atoms with Crippen molar-refractivity contribution in [2.24, 2.45) is 0 Å². The fourth-order valence-corrected chi connectivity index (χ4v) is 0. The molecule has 7 N–H and O–H groups in total. The minimum atomic E-state index is -4.64. The van der Waals surface area contributed by atoms with Gasteiger partial charge in [-0.05, 0) is 0 Å². The third-order valence-corrected chi connectivity index (χ3v) is 0. The molecule has 0 aliphatic heterocycles. The summed E-state index contributed by atoms with van der Waals surface area (Å²) in [5.41, 5.74) is 0. The van der Waals surface area contributed by atoms with Crippen LogP contribution in [0.1, 0.15) is 0 Å². The second-order valence-electron chi connectivity index (χ2n) is 0.751. The molecule has 0 radical (unpaired) electrons. The molecule has 0 saturated carbocycles. The molecular weight excluding hydrogens is 210 g/mol. The maximum absolute atomic E-state index is 8.88. The van der Waals surface area contributed by atoms with Gasteiger partial charge in [0.25, 0.3) is 5.09 Å². The quantitative estimate of drug-likeness (QED) is 0.137. The van der Waals surface area contributed by atoms with Gasteiger partial charge in [-0.25, -0.2) is 4.57 Å². The fraction of sp³-hybridized carbons (Fsp3) is 0. The summed E-state index contributed by atoms with van der Waals surface area (Å²) in [6.07, 6.45) is 0. The monoisotopic (exact) mass is 218 g/mol. The number of hydrogen-bond donors (Lipinski definition) is 5. The van der Waals surface area contributed by atoms with Crippen molar-refractivity contribution in [3.63, 3.8) is 0 Å². The minimum absolute atomic E-state index is 0. The SMILES string of the molecule is N.O=P(O)(O)O.O=[N+]([O-])O.[KH]. The summed E-state index contributed by atoms with van der Waals surface area (Å²) in [6, 6.07) is 0. The van der Waals surface area contributed by atoms with Crippen molar-refractivity contribution in [3.8, 4) is 0 Å². The van der Waals surface area contributed by atoms with Gasteiger partial charge >= 0.3 is 59.2 Å². The van der Waals surface area contributed by atoms with Crippen molar-refractivity contribution in [2.45, 2.75) is 0 Å². The van der Waals surface area contributed by atoms with E-state index in [-0.39, 0.29) is 57.5 Å². The molecule has 0 aromatic carbocycles. The van der Waals surface area contributed by atoms with Crippen molar-refractivity contribution in [1.29, 1.82) is 0 Å². The molecule has 0 atom stereocenters. The first-order valence-corrected chi connectivity index (χ1v) is 2.91. The van der Waals surface area contributed by atoms with Crippen LogP contribution in [0.5, 0.6) is 0 Å². The predicted octanol–water partition coefficient (Wildman–Crippen LogP) is -1.76. The summed E-state index contributed by atoms with van der Waals surface area (Å²) in [6.45, 7) is 0. The Balaban J connectivity index is -0.0000000383. The van der Waals surface area contributed by atoms with Gasteiger partial charge in [-0.1, -0.05) is 0 Å². The molecule has 11 heteroatoms. The molecule has 11 heavy (non-hydrogen) atoms. The normalized spacial score (nSPS) is 7.55. The molecule has 0 amide bonds. The Bertz CT molecular complexity index is 116. The maximum atomic E-state index is 8.88. The molecule has 0 spiro atoms. The Morgan fingerprint density at radius 2 is 1.27 bits per heavy atom. The summed E-state index contributed by atoms with van der Waals surface area (Å²) < 4.78 is 8.88. The summed E-state index contributed by atoms with van der Waals surface area (Å²) in [7, 11) is -4.64. The van der Waals surface area contributed by atoms with E-state index >= 15 is 0 Å². The van der Waals surface area contributed by atoms with Crippen LogP contribution in [0, 0.1) is 10.1 Å². The average Bonchev–Trinajstić information content (AvgIpc) is 1.19. The van der Waals surface area contributed by atoms with Crippen LogP contribution >= 0.6 is 7.82 Å². The van der Waals surface area contributed by atoms with Gasteiger partial charge in [-0.3, -0.25) is 0 Å². The number of rotatable bonds is 0. The molecule has 0 unspecified atom stereocenters. The van der Waals surface area contributed by atoms with Crippen molar-refractivity contribution in [1.82, 2.24) is 6.15 Å². The molecule has 0 heterocycles. The van der Waals surface area contributed by atoms with E-state index in [4.69, 9.17) is 34.6 Å². The zero-order valence-corrected chi connectivity index (χ0v) is 5.51. The van der Waals surface area contributed by atoms with Gasteiger partial charge < -0.3 is 26.0 Å². The summed E-state index contributed by atoms with van der Waals surface area (Å²) in [5, 5.41) is 13.6. The van der Waals surface area contributed by atoms with Gasteiger partial charge in [0.15, 0.2) is 0 Å². The van der Waals surface area contributed by atoms with E-state index in [9.17, 15) is 0 Å². The topological polar surface area (TPSA) is 176 Å². The van der Waals surface area contributed by atoms with Crippen LogP contribution in [0.25, 0.3) is 0 Å². The average molecular weight is 218 g/mol. The summed E-state index contributed by atoms with van der Waals surface area (Å²) in [4.78, 5) is 29.9. The molecule has 0 bridgehead atoms.